The van der Waals surface area contributed by atoms with Crippen molar-refractivity contribution in [2.75, 3.05) is 18.0 Å². The van der Waals surface area contributed by atoms with E-state index in [4.69, 9.17) is 17.3 Å². The lowest BCUT2D eigenvalue weighted by atomic mass is 10.1. The summed E-state index contributed by atoms with van der Waals surface area (Å²) in [6.07, 6.45) is 0.794. The van der Waals surface area contributed by atoms with Gasteiger partial charge in [-0.1, -0.05) is 17.7 Å². The van der Waals surface area contributed by atoms with Gasteiger partial charge in [-0.2, -0.15) is 0 Å². The van der Waals surface area contributed by atoms with Crippen molar-refractivity contribution < 1.29 is 4.79 Å². The number of nitrogens with two attached hydrogens (primary N) is 1. The maximum atomic E-state index is 11.9. The molecule has 0 radical (unpaired) electrons. The fraction of sp³-hybridized carbons (Fsp3) is 0.417. The first-order valence-electron chi connectivity index (χ1n) is 5.66. The Morgan fingerprint density at radius 3 is 3.06 bits per heavy atom. The standard InChI is InChI=1S/C12H16ClN3O/c1-8-2-3-9(13)6-11(8)16-7-10(4-5-14)15-12(16)17/h2-3,6,10H,4-5,7,14H2,1H3,(H,15,17). The summed E-state index contributed by atoms with van der Waals surface area (Å²) in [5.41, 5.74) is 7.41. The van der Waals surface area contributed by atoms with E-state index in [2.05, 4.69) is 5.32 Å². The van der Waals surface area contributed by atoms with Gasteiger partial charge in [0.05, 0.1) is 0 Å². The number of halogens is 1. The van der Waals surface area contributed by atoms with E-state index in [1.165, 1.54) is 0 Å². The molecule has 2 amide bonds. The first-order chi connectivity index (χ1) is 8.11. The molecular weight excluding hydrogens is 238 g/mol. The van der Waals surface area contributed by atoms with Gasteiger partial charge in [0.25, 0.3) is 0 Å². The van der Waals surface area contributed by atoms with Gasteiger partial charge in [-0.25, -0.2) is 4.79 Å². The molecule has 0 saturated carbocycles. The van der Waals surface area contributed by atoms with E-state index in [0.29, 0.717) is 18.1 Å². The molecule has 0 aromatic heterocycles. The monoisotopic (exact) mass is 253 g/mol. The third-order valence-corrected chi connectivity index (χ3v) is 3.19. The van der Waals surface area contributed by atoms with Crippen LogP contribution in [0.5, 0.6) is 0 Å². The average Bonchev–Trinajstić information content (AvgIpc) is 2.64. The van der Waals surface area contributed by atoms with Gasteiger partial charge in [0.2, 0.25) is 0 Å². The zero-order valence-electron chi connectivity index (χ0n) is 9.74. The maximum Gasteiger partial charge on any atom is 0.322 e. The fourth-order valence-electron chi connectivity index (χ4n) is 2.05. The van der Waals surface area contributed by atoms with E-state index in [-0.39, 0.29) is 12.1 Å². The Morgan fingerprint density at radius 1 is 1.59 bits per heavy atom. The number of hydrogen-bond acceptors (Lipinski definition) is 2. The lowest BCUT2D eigenvalue weighted by molar-refractivity contribution is 0.250. The predicted molar refractivity (Wildman–Crippen MR) is 69.5 cm³/mol. The van der Waals surface area contributed by atoms with Crippen molar-refractivity contribution in [2.24, 2.45) is 5.73 Å². The number of carbonyl (C=O) groups excluding carboxylic acids is 1. The third-order valence-electron chi connectivity index (χ3n) is 2.95. The summed E-state index contributed by atoms with van der Waals surface area (Å²) in [5, 5.41) is 3.55. The minimum Gasteiger partial charge on any atom is -0.333 e. The highest BCUT2D eigenvalue weighted by Crippen LogP contribution is 2.26. The number of urea groups is 1. The Hall–Kier alpha value is -1.26. The zero-order valence-corrected chi connectivity index (χ0v) is 10.5. The molecule has 0 spiro atoms. The molecule has 1 aliphatic rings. The largest absolute Gasteiger partial charge is 0.333 e. The number of nitrogens with zero attached hydrogens (tertiary/aromatic N) is 1. The molecule has 92 valence electrons. The number of carbonyl (C=O) groups is 1. The van der Waals surface area contributed by atoms with E-state index in [1.54, 1.807) is 4.90 Å². The molecule has 1 fully saturated rings. The molecule has 1 atom stereocenters. The molecule has 1 aromatic carbocycles. The predicted octanol–water partition coefficient (Wildman–Crippen LogP) is 1.90. The molecule has 1 saturated heterocycles. The molecule has 0 aliphatic carbocycles. The van der Waals surface area contributed by atoms with E-state index < -0.39 is 0 Å². The van der Waals surface area contributed by atoms with Crippen LogP contribution in [-0.4, -0.2) is 25.2 Å². The van der Waals surface area contributed by atoms with Crippen LogP contribution >= 0.6 is 11.6 Å². The molecule has 5 heteroatoms. The van der Waals surface area contributed by atoms with E-state index in [0.717, 1.165) is 17.7 Å². The summed E-state index contributed by atoms with van der Waals surface area (Å²) in [6, 6.07) is 5.62. The highest BCUT2D eigenvalue weighted by molar-refractivity contribution is 6.31. The molecule has 1 unspecified atom stereocenters. The summed E-state index contributed by atoms with van der Waals surface area (Å²) < 4.78 is 0. The summed E-state index contributed by atoms with van der Waals surface area (Å²) in [5.74, 6) is 0. The van der Waals surface area contributed by atoms with Gasteiger partial charge in [-0.3, -0.25) is 4.90 Å². The first kappa shape index (κ1) is 12.2. The molecular formula is C12H16ClN3O. The normalized spacial score (nSPS) is 19.6. The fourth-order valence-corrected chi connectivity index (χ4v) is 2.21. The van der Waals surface area contributed by atoms with Crippen molar-refractivity contribution in [3.63, 3.8) is 0 Å². The lowest BCUT2D eigenvalue weighted by Crippen LogP contribution is -2.29. The Morgan fingerprint density at radius 2 is 2.35 bits per heavy atom. The van der Waals surface area contributed by atoms with Crippen molar-refractivity contribution in [3.8, 4) is 0 Å². The number of nitrogens with one attached hydrogen (secondary N) is 1. The SMILES string of the molecule is Cc1ccc(Cl)cc1N1CC(CCN)NC1=O. The minimum absolute atomic E-state index is 0.0752. The van der Waals surface area contributed by atoms with Crippen LogP contribution in [0, 0.1) is 6.92 Å². The third kappa shape index (κ3) is 2.53. The number of amides is 2. The summed E-state index contributed by atoms with van der Waals surface area (Å²) in [6.45, 7) is 3.19. The molecule has 3 N–H and O–H groups in total. The second-order valence-electron chi connectivity index (χ2n) is 4.27. The number of hydrogen-bond donors (Lipinski definition) is 2. The number of anilines is 1. The second-order valence-corrected chi connectivity index (χ2v) is 4.70. The number of rotatable bonds is 3. The van der Waals surface area contributed by atoms with E-state index in [1.807, 2.05) is 25.1 Å². The van der Waals surface area contributed by atoms with Crippen LogP contribution in [0.2, 0.25) is 5.02 Å². The van der Waals surface area contributed by atoms with Crippen molar-refractivity contribution in [1.29, 1.82) is 0 Å². The van der Waals surface area contributed by atoms with Crippen LogP contribution in [0.3, 0.4) is 0 Å². The molecule has 1 aromatic rings. The van der Waals surface area contributed by atoms with Crippen molar-refractivity contribution in [2.45, 2.75) is 19.4 Å². The summed E-state index contributed by atoms with van der Waals surface area (Å²) in [4.78, 5) is 13.6. The lowest BCUT2D eigenvalue weighted by Gasteiger charge is -2.17. The van der Waals surface area contributed by atoms with Gasteiger partial charge in [-0.15, -0.1) is 0 Å². The molecule has 0 bridgehead atoms. The molecule has 17 heavy (non-hydrogen) atoms. The van der Waals surface area contributed by atoms with Crippen LogP contribution in [0.1, 0.15) is 12.0 Å². The van der Waals surface area contributed by atoms with Crippen LogP contribution < -0.4 is 16.0 Å². The quantitative estimate of drug-likeness (QED) is 0.864. The summed E-state index contributed by atoms with van der Waals surface area (Å²) in [7, 11) is 0. The van der Waals surface area contributed by atoms with Crippen molar-refractivity contribution >= 4 is 23.3 Å². The average molecular weight is 254 g/mol. The van der Waals surface area contributed by atoms with Gasteiger partial charge >= 0.3 is 6.03 Å². The van der Waals surface area contributed by atoms with Crippen molar-refractivity contribution in [1.82, 2.24) is 5.32 Å². The van der Waals surface area contributed by atoms with Crippen LogP contribution in [0.25, 0.3) is 0 Å². The second kappa shape index (κ2) is 4.94. The topological polar surface area (TPSA) is 58.4 Å². The van der Waals surface area contributed by atoms with Crippen molar-refractivity contribution in [3.05, 3.63) is 28.8 Å². The molecule has 2 rings (SSSR count). The molecule has 4 nitrogen and oxygen atoms in total. The van der Waals surface area contributed by atoms with Crippen LogP contribution in [0.15, 0.2) is 18.2 Å². The Kier molecular flexibility index (Phi) is 3.54. The smallest absolute Gasteiger partial charge is 0.322 e. The maximum absolute atomic E-state index is 11.9. The Labute approximate surface area is 106 Å². The van der Waals surface area contributed by atoms with Gasteiger partial charge in [0.1, 0.15) is 0 Å². The van der Waals surface area contributed by atoms with Gasteiger partial charge < -0.3 is 11.1 Å². The summed E-state index contributed by atoms with van der Waals surface area (Å²) >= 11 is 5.96. The zero-order chi connectivity index (χ0) is 12.4. The molecule has 1 heterocycles. The first-order valence-corrected chi connectivity index (χ1v) is 6.04. The highest BCUT2D eigenvalue weighted by Gasteiger charge is 2.29. The molecule has 1 aliphatic heterocycles. The minimum atomic E-state index is -0.0752. The van der Waals surface area contributed by atoms with Crippen LogP contribution in [0.4, 0.5) is 10.5 Å². The number of aryl methyl sites for hydroxylation is 1. The van der Waals surface area contributed by atoms with E-state index >= 15 is 0 Å². The Bertz CT molecular complexity index is 436. The van der Waals surface area contributed by atoms with Gasteiger partial charge in [0, 0.05) is 23.3 Å². The van der Waals surface area contributed by atoms with Crippen LogP contribution in [-0.2, 0) is 0 Å². The number of benzene rings is 1. The highest BCUT2D eigenvalue weighted by atomic mass is 35.5. The van der Waals surface area contributed by atoms with Gasteiger partial charge in [-0.05, 0) is 37.6 Å². The van der Waals surface area contributed by atoms with E-state index in [9.17, 15) is 4.79 Å². The Balaban J connectivity index is 2.22. The van der Waals surface area contributed by atoms with Gasteiger partial charge in [0.15, 0.2) is 0 Å².